The van der Waals surface area contributed by atoms with Crippen LogP contribution in [0.2, 0.25) is 0 Å². The van der Waals surface area contributed by atoms with Gasteiger partial charge in [-0.2, -0.15) is 15.3 Å². The van der Waals surface area contributed by atoms with Crippen LogP contribution in [-0.4, -0.2) is 90.2 Å². The van der Waals surface area contributed by atoms with Gasteiger partial charge < -0.3 is 18.3 Å². The molecule has 8 aromatic heterocycles. The van der Waals surface area contributed by atoms with E-state index >= 15 is 0 Å². The Morgan fingerprint density at radius 2 is 0.972 bits per heavy atom. The summed E-state index contributed by atoms with van der Waals surface area (Å²) in [5.41, 5.74) is 2.38. The van der Waals surface area contributed by atoms with Crippen LogP contribution in [0.1, 0.15) is 47.9 Å². The van der Waals surface area contributed by atoms with Crippen LogP contribution in [0.15, 0.2) is 95.7 Å². The first-order chi connectivity index (χ1) is 33.5. The van der Waals surface area contributed by atoms with Crippen LogP contribution < -0.4 is 39.6 Å². The van der Waals surface area contributed by atoms with Crippen LogP contribution in [0, 0.1) is 46.3 Å². The largest absolute Gasteiger partial charge is 0.346 e. The first kappa shape index (κ1) is 63.9. The van der Waals surface area contributed by atoms with Crippen molar-refractivity contribution in [1.82, 2.24) is 90.2 Å². The Bertz CT molecular complexity index is 3220. The number of pyridine rings is 1. The first-order valence-electron chi connectivity index (χ1n) is 22.0. The molecule has 8 heterocycles. The van der Waals surface area contributed by atoms with E-state index in [9.17, 15) is 33.6 Å². The molecule has 0 spiro atoms. The lowest BCUT2D eigenvalue weighted by Crippen LogP contribution is -2.37. The maximum atomic E-state index is 11.1. The smallest absolute Gasteiger partial charge is 0.341 e. The van der Waals surface area contributed by atoms with Crippen molar-refractivity contribution < 1.29 is 0 Å². The summed E-state index contributed by atoms with van der Waals surface area (Å²) < 4.78 is 19.2. The van der Waals surface area contributed by atoms with E-state index in [2.05, 4.69) is 43.2 Å². The van der Waals surface area contributed by atoms with Gasteiger partial charge >= 0.3 is 28.4 Å². The van der Waals surface area contributed by atoms with Crippen molar-refractivity contribution in [2.45, 2.75) is 55.4 Å². The Hall–Kier alpha value is -8.10. The molecule has 0 amide bonds. The molecule has 0 atom stereocenters. The Morgan fingerprint density at radius 3 is 1.21 bits per heavy atom. The second-order valence-corrected chi connectivity index (χ2v) is 15.9. The summed E-state index contributed by atoms with van der Waals surface area (Å²) in [4.78, 5) is 88.3. The maximum Gasteiger partial charge on any atom is 0.346 e. The molecule has 0 N–H and O–H groups in total. The highest BCUT2D eigenvalue weighted by molar-refractivity contribution is 7.71. The van der Waals surface area contributed by atoms with Crippen LogP contribution in [0.25, 0.3) is 0 Å². The molecule has 0 saturated heterocycles. The van der Waals surface area contributed by atoms with Crippen molar-refractivity contribution in [1.29, 1.82) is 0 Å². The highest BCUT2D eigenvalue weighted by Crippen LogP contribution is 1.98. The van der Waals surface area contributed by atoms with Crippen LogP contribution in [0.4, 0.5) is 0 Å². The molecule has 72 heavy (non-hydrogen) atoms. The van der Waals surface area contributed by atoms with Gasteiger partial charge in [0.25, 0.3) is 11.1 Å². The van der Waals surface area contributed by atoms with Crippen molar-refractivity contribution in [3.05, 3.63) is 174 Å². The Labute approximate surface area is 422 Å². The van der Waals surface area contributed by atoms with Crippen molar-refractivity contribution in [3.8, 4) is 0 Å². The van der Waals surface area contributed by atoms with Gasteiger partial charge in [0.15, 0.2) is 4.77 Å². The quantitative estimate of drug-likeness (QED) is 0.186. The minimum atomic E-state index is -0.299. The Kier molecular flexibility index (Phi) is 27.1. The molecule has 8 aromatic rings. The number of aryl methyl sites for hydroxylation is 13. The Morgan fingerprint density at radius 1 is 0.472 bits per heavy atom. The van der Waals surface area contributed by atoms with Gasteiger partial charge in [0, 0.05) is 139 Å². The molecule has 27 heteroatoms. The minimum Gasteiger partial charge on any atom is -0.341 e. The highest BCUT2D eigenvalue weighted by atomic mass is 32.1. The highest BCUT2D eigenvalue weighted by Gasteiger charge is 2.04. The van der Waals surface area contributed by atoms with Gasteiger partial charge in [-0.3, -0.25) is 28.3 Å². The Balaban J connectivity index is 0.000000799. The molecular weight excluding hydrogens is 951 g/mol. The lowest BCUT2D eigenvalue weighted by Gasteiger charge is -2.01. The third kappa shape index (κ3) is 19.4. The standard InChI is InChI=1S/C7H10N2O2.C7H9N.C6H8N2O.C5H9N3O2.2C5H9N3O.C4H7N3S.C4H6N2.C2H6/c1-5-4-8(2)7(11)9(3)6(5)10;1-6-4-3-5-8-7(6)2;1-5-3-7-4-8(2)6(5)9;1-6-4(9)7(2)8(3)5(6)10;2*1-4-6-8(3)5(9)7(4)2;1-6-3-5-7(2)4(6)8;1-6-3-2-5-4-6;1-2/h4H,1-3H3;3-5H,1-2H3;3-4H,1-2H3;1-3H3;2*1-3H3;3H,1-2H3;2-4H,1H3;1-2H3. The lowest BCUT2D eigenvalue weighted by molar-refractivity contribution is 0.565. The molecule has 0 saturated carbocycles. The van der Waals surface area contributed by atoms with Crippen molar-refractivity contribution in [3.63, 3.8) is 0 Å². The number of nitrogens with zero attached hydrogens (tertiary/aromatic N) is 19. The molecule has 0 aliphatic carbocycles. The molecule has 0 unspecified atom stereocenters. The van der Waals surface area contributed by atoms with Gasteiger partial charge in [-0.25, -0.2) is 61.9 Å². The normalized spacial score (nSPS) is 9.62. The zero-order valence-electron chi connectivity index (χ0n) is 45.5. The van der Waals surface area contributed by atoms with Gasteiger partial charge in [-0.1, -0.05) is 19.9 Å². The molecule has 26 nitrogen and oxygen atoms in total. The van der Waals surface area contributed by atoms with E-state index in [-0.39, 0.29) is 39.6 Å². The summed E-state index contributed by atoms with van der Waals surface area (Å²) in [7, 11) is 21.6. The number of aromatic nitrogens is 19. The second kappa shape index (κ2) is 30.5. The summed E-state index contributed by atoms with van der Waals surface area (Å²) in [5.74, 6) is 1.48. The second-order valence-electron chi connectivity index (χ2n) is 15.5. The van der Waals surface area contributed by atoms with Gasteiger partial charge in [-0.05, 0) is 65.4 Å². The van der Waals surface area contributed by atoms with Crippen LogP contribution >= 0.6 is 12.2 Å². The number of imidazole rings is 1. The van der Waals surface area contributed by atoms with Crippen LogP contribution in [0.3, 0.4) is 0 Å². The molecule has 0 fully saturated rings. The van der Waals surface area contributed by atoms with Gasteiger partial charge in [0.2, 0.25) is 0 Å². The molecule has 396 valence electrons. The maximum absolute atomic E-state index is 11.1. The molecule has 0 aliphatic rings. The van der Waals surface area contributed by atoms with Crippen molar-refractivity contribution >= 4 is 12.2 Å². The summed E-state index contributed by atoms with van der Waals surface area (Å²) >= 11 is 4.89. The van der Waals surface area contributed by atoms with E-state index in [0.29, 0.717) is 11.1 Å². The zero-order valence-corrected chi connectivity index (χ0v) is 46.4. The van der Waals surface area contributed by atoms with Gasteiger partial charge in [-0.15, -0.1) is 0 Å². The fourth-order valence-corrected chi connectivity index (χ4v) is 5.22. The molecule has 0 bridgehead atoms. The first-order valence-corrected chi connectivity index (χ1v) is 22.4. The summed E-state index contributed by atoms with van der Waals surface area (Å²) in [5, 5.41) is 11.6. The number of hydrogen-bond acceptors (Lipinski definition) is 14. The van der Waals surface area contributed by atoms with Crippen LogP contribution in [-0.2, 0) is 91.6 Å². The van der Waals surface area contributed by atoms with Crippen LogP contribution in [0.5, 0.6) is 0 Å². The van der Waals surface area contributed by atoms with E-state index in [1.807, 2.05) is 64.9 Å². The lowest BCUT2D eigenvalue weighted by atomic mass is 10.2. The topological polar surface area (TPSA) is 261 Å². The fraction of sp³-hybridized carbons (Fsp3) is 0.467. The zero-order chi connectivity index (χ0) is 55.9. The summed E-state index contributed by atoms with van der Waals surface area (Å²) in [6.07, 6.45) is 13.5. The SMILES string of the molecule is CC.Cc1cccnc1C.Cc1cn(C)c(=O)n(C)c1=O.Cc1cncn(C)c1=O.Cc1nn(C)c(=O)n1C.Cc1nn(C)c(=O)n1C.Cn1c(=O)n(C)n(C)c1=O.Cn1ccnc1.Cn1cnn(C)c1=S. The predicted octanol–water partition coefficient (Wildman–Crippen LogP) is 0.391. The van der Waals surface area contributed by atoms with Crippen molar-refractivity contribution in [2.24, 2.45) is 91.6 Å². The number of rotatable bonds is 0. The predicted molar refractivity (Wildman–Crippen MR) is 279 cm³/mol. The van der Waals surface area contributed by atoms with E-state index in [0.717, 1.165) is 31.2 Å². The van der Waals surface area contributed by atoms with Gasteiger partial charge in [0.1, 0.15) is 18.0 Å². The molecule has 0 aromatic carbocycles. The third-order valence-electron chi connectivity index (χ3n) is 9.93. The van der Waals surface area contributed by atoms with Crippen molar-refractivity contribution in [2.75, 3.05) is 0 Å². The monoisotopic (exact) mass is 1020 g/mol. The van der Waals surface area contributed by atoms with Gasteiger partial charge in [0.05, 0.1) is 12.7 Å². The fourth-order valence-electron chi connectivity index (χ4n) is 5.13. The molecule has 0 radical (unpaired) electrons. The van der Waals surface area contributed by atoms with E-state index in [1.165, 1.54) is 69.2 Å². The van der Waals surface area contributed by atoms with E-state index in [1.54, 1.807) is 118 Å². The number of hydrogen-bond donors (Lipinski definition) is 0. The molecular formula is C45H73N19O7S. The van der Waals surface area contributed by atoms with E-state index < -0.39 is 0 Å². The minimum absolute atomic E-state index is 0.0185. The molecule has 8 rings (SSSR count). The average molecular weight is 1020 g/mol. The summed E-state index contributed by atoms with van der Waals surface area (Å²) in [6, 6.07) is 4.00. The average Bonchev–Trinajstić information content (AvgIpc) is 4.11. The summed E-state index contributed by atoms with van der Waals surface area (Å²) in [6.45, 7) is 15.1. The van der Waals surface area contributed by atoms with E-state index in [4.69, 9.17) is 12.2 Å². The molecule has 0 aliphatic heterocycles. The third-order valence-corrected chi connectivity index (χ3v) is 10.5.